The van der Waals surface area contributed by atoms with Gasteiger partial charge in [-0.1, -0.05) is 87.3 Å². The fourth-order valence-electron chi connectivity index (χ4n) is 3.76. The molecule has 0 bridgehead atoms. The smallest absolute Gasteiger partial charge is 0.269 e. The molecule has 0 atom stereocenters. The highest BCUT2D eigenvalue weighted by Gasteiger charge is 2.32. The molecular formula is C26H27N3O3S2. The normalized spacial score (nSPS) is 15.0. The second-order valence-electron chi connectivity index (χ2n) is 8.08. The first-order valence-corrected chi connectivity index (χ1v) is 12.8. The first-order chi connectivity index (χ1) is 16.6. The monoisotopic (exact) mass is 493 g/mol. The number of rotatable bonds is 10. The molecule has 0 spiro atoms. The average Bonchev–Trinajstić information content (AvgIpc) is 3.11. The van der Waals surface area contributed by atoms with Gasteiger partial charge in [0.05, 0.1) is 4.91 Å². The van der Waals surface area contributed by atoms with Crippen molar-refractivity contribution in [3.05, 3.63) is 75.6 Å². The van der Waals surface area contributed by atoms with E-state index in [4.69, 9.17) is 17.0 Å². The van der Waals surface area contributed by atoms with E-state index >= 15 is 0 Å². The number of benzene rings is 1. The molecule has 4 rings (SSSR count). The van der Waals surface area contributed by atoms with Crippen molar-refractivity contribution in [1.82, 2.24) is 14.3 Å². The minimum Gasteiger partial charge on any atom is -0.438 e. The molecule has 1 aliphatic rings. The van der Waals surface area contributed by atoms with E-state index in [1.165, 1.54) is 35.4 Å². The number of unbranched alkanes of at least 4 members (excludes halogenated alkanes) is 5. The van der Waals surface area contributed by atoms with E-state index in [-0.39, 0.29) is 22.9 Å². The largest absolute Gasteiger partial charge is 0.438 e. The molecule has 0 N–H and O–H groups in total. The third-order valence-electron chi connectivity index (χ3n) is 5.58. The Balaban J connectivity index is 1.61. The molecule has 1 fully saturated rings. The molecule has 176 valence electrons. The quantitative estimate of drug-likeness (QED) is 0.195. The second-order valence-corrected chi connectivity index (χ2v) is 9.76. The van der Waals surface area contributed by atoms with Gasteiger partial charge < -0.3 is 4.74 Å². The lowest BCUT2D eigenvalue weighted by Crippen LogP contribution is -2.29. The second kappa shape index (κ2) is 11.4. The Morgan fingerprint density at radius 2 is 1.74 bits per heavy atom. The molecular weight excluding hydrogens is 466 g/mol. The third-order valence-corrected chi connectivity index (χ3v) is 6.95. The third kappa shape index (κ3) is 5.56. The lowest BCUT2D eigenvalue weighted by molar-refractivity contribution is -0.122. The molecule has 1 aromatic carbocycles. The molecule has 6 nitrogen and oxygen atoms in total. The van der Waals surface area contributed by atoms with Crippen LogP contribution in [0.5, 0.6) is 11.6 Å². The Morgan fingerprint density at radius 3 is 2.53 bits per heavy atom. The van der Waals surface area contributed by atoms with E-state index in [1.54, 1.807) is 47.5 Å². The summed E-state index contributed by atoms with van der Waals surface area (Å²) in [5, 5.41) is 0. The Hall–Kier alpha value is -2.97. The molecule has 34 heavy (non-hydrogen) atoms. The van der Waals surface area contributed by atoms with Gasteiger partial charge >= 0.3 is 0 Å². The number of aromatic nitrogens is 2. The SMILES string of the molecule is CCCCCCCCN1C(=O)/C(=C/c2c(Oc3ccccc3)nc3ccccn3c2=O)SC1=S. The Kier molecular flexibility index (Phi) is 8.13. The van der Waals surface area contributed by atoms with Crippen molar-refractivity contribution in [3.8, 4) is 11.6 Å². The van der Waals surface area contributed by atoms with Gasteiger partial charge in [-0.15, -0.1) is 0 Å². The van der Waals surface area contributed by atoms with Gasteiger partial charge in [0.2, 0.25) is 5.88 Å². The van der Waals surface area contributed by atoms with E-state index in [0.29, 0.717) is 27.2 Å². The van der Waals surface area contributed by atoms with Crippen molar-refractivity contribution in [3.63, 3.8) is 0 Å². The van der Waals surface area contributed by atoms with E-state index in [1.807, 2.05) is 18.2 Å². The molecule has 0 radical (unpaired) electrons. The lowest BCUT2D eigenvalue weighted by Gasteiger charge is -2.14. The first-order valence-electron chi connectivity index (χ1n) is 11.6. The Labute approximate surface area is 208 Å². The van der Waals surface area contributed by atoms with Crippen molar-refractivity contribution in [2.24, 2.45) is 0 Å². The zero-order valence-electron chi connectivity index (χ0n) is 19.1. The van der Waals surface area contributed by atoms with E-state index < -0.39 is 0 Å². The van der Waals surface area contributed by atoms with Crippen molar-refractivity contribution >= 4 is 45.9 Å². The molecule has 1 amide bonds. The van der Waals surface area contributed by atoms with Gasteiger partial charge in [0.15, 0.2) is 0 Å². The number of hydrogen-bond donors (Lipinski definition) is 0. The highest BCUT2D eigenvalue weighted by atomic mass is 32.2. The summed E-state index contributed by atoms with van der Waals surface area (Å²) < 4.78 is 7.94. The van der Waals surface area contributed by atoms with Crippen LogP contribution >= 0.6 is 24.0 Å². The molecule has 8 heteroatoms. The summed E-state index contributed by atoms with van der Waals surface area (Å²) in [5.41, 5.74) is 0.372. The summed E-state index contributed by atoms with van der Waals surface area (Å²) in [6.45, 7) is 2.79. The standard InChI is InChI=1S/C26H27N3O3S2/c1-2-3-4-5-6-11-17-29-25(31)21(34-26(29)33)18-20-23(32-19-13-8-7-9-14-19)27-22-15-10-12-16-28(22)24(20)30/h7-10,12-16,18H,2-6,11,17H2,1H3/b21-18-. The highest BCUT2D eigenvalue weighted by molar-refractivity contribution is 8.26. The number of thioether (sulfide) groups is 1. The van der Waals surface area contributed by atoms with Crippen LogP contribution in [0.15, 0.2) is 64.4 Å². The van der Waals surface area contributed by atoms with E-state index in [0.717, 1.165) is 19.3 Å². The van der Waals surface area contributed by atoms with Crippen LogP contribution in [0.2, 0.25) is 0 Å². The molecule has 2 aromatic heterocycles. The predicted molar refractivity (Wildman–Crippen MR) is 141 cm³/mol. The average molecular weight is 494 g/mol. The Bertz CT molecular complexity index is 1270. The van der Waals surface area contributed by atoms with Crippen molar-refractivity contribution in [2.45, 2.75) is 45.4 Å². The summed E-state index contributed by atoms with van der Waals surface area (Å²) >= 11 is 6.69. The van der Waals surface area contributed by atoms with Gasteiger partial charge in [-0.3, -0.25) is 18.9 Å². The minimum atomic E-state index is -0.308. The number of thiocarbonyl (C=S) groups is 1. The zero-order valence-corrected chi connectivity index (χ0v) is 20.7. The van der Waals surface area contributed by atoms with Gasteiger partial charge in [-0.2, -0.15) is 4.98 Å². The molecule has 3 heterocycles. The molecule has 1 saturated heterocycles. The van der Waals surface area contributed by atoms with Gasteiger partial charge in [-0.05, 0) is 36.8 Å². The number of nitrogens with zero attached hydrogens (tertiary/aromatic N) is 3. The number of hydrogen-bond acceptors (Lipinski definition) is 6. The summed E-state index contributed by atoms with van der Waals surface area (Å²) in [4.78, 5) is 33.0. The highest BCUT2D eigenvalue weighted by Crippen LogP contribution is 2.34. The van der Waals surface area contributed by atoms with Gasteiger partial charge in [0, 0.05) is 12.7 Å². The van der Waals surface area contributed by atoms with Crippen LogP contribution in [0.25, 0.3) is 11.7 Å². The number of carbonyl (C=O) groups is 1. The maximum absolute atomic E-state index is 13.3. The summed E-state index contributed by atoms with van der Waals surface area (Å²) in [7, 11) is 0. The van der Waals surface area contributed by atoms with Crippen molar-refractivity contribution < 1.29 is 9.53 Å². The number of amides is 1. The van der Waals surface area contributed by atoms with Crippen LogP contribution in [0.1, 0.15) is 51.0 Å². The van der Waals surface area contributed by atoms with Crippen molar-refractivity contribution in [1.29, 1.82) is 0 Å². The van der Waals surface area contributed by atoms with Gasteiger partial charge in [0.25, 0.3) is 11.5 Å². The maximum Gasteiger partial charge on any atom is 0.269 e. The zero-order chi connectivity index (χ0) is 23.9. The molecule has 1 aliphatic heterocycles. The van der Waals surface area contributed by atoms with Crippen LogP contribution in [0.3, 0.4) is 0 Å². The topological polar surface area (TPSA) is 63.9 Å². The van der Waals surface area contributed by atoms with E-state index in [2.05, 4.69) is 11.9 Å². The Morgan fingerprint density at radius 1 is 1.00 bits per heavy atom. The summed E-state index contributed by atoms with van der Waals surface area (Å²) in [6.07, 6.45) is 10.0. The number of para-hydroxylation sites is 1. The minimum absolute atomic E-state index is 0.156. The molecule has 0 saturated carbocycles. The van der Waals surface area contributed by atoms with Gasteiger partial charge in [0.1, 0.15) is 21.3 Å². The molecule has 0 unspecified atom stereocenters. The van der Waals surface area contributed by atoms with Crippen molar-refractivity contribution in [2.75, 3.05) is 6.54 Å². The fraction of sp³-hybridized carbons (Fsp3) is 0.308. The van der Waals surface area contributed by atoms with Crippen LogP contribution in [-0.2, 0) is 4.79 Å². The molecule has 0 aliphatic carbocycles. The molecule has 3 aromatic rings. The summed E-state index contributed by atoms with van der Waals surface area (Å²) in [5.74, 6) is 0.537. The maximum atomic E-state index is 13.3. The van der Waals surface area contributed by atoms with Crippen LogP contribution < -0.4 is 10.3 Å². The van der Waals surface area contributed by atoms with Crippen LogP contribution in [-0.4, -0.2) is 31.1 Å². The predicted octanol–water partition coefficient (Wildman–Crippen LogP) is 6.05. The van der Waals surface area contributed by atoms with Crippen LogP contribution in [0, 0.1) is 0 Å². The number of pyridine rings is 1. The number of ether oxygens (including phenoxy) is 1. The van der Waals surface area contributed by atoms with Gasteiger partial charge in [-0.25, -0.2) is 0 Å². The fourth-order valence-corrected chi connectivity index (χ4v) is 5.05. The first kappa shape index (κ1) is 24.2. The summed E-state index contributed by atoms with van der Waals surface area (Å²) in [6, 6.07) is 14.5. The van der Waals surface area contributed by atoms with Crippen LogP contribution in [0.4, 0.5) is 0 Å². The number of fused-ring (bicyclic) bond motifs is 1. The van der Waals surface area contributed by atoms with E-state index in [9.17, 15) is 9.59 Å². The lowest BCUT2D eigenvalue weighted by atomic mass is 10.1. The number of carbonyl (C=O) groups excluding carboxylic acids is 1.